The molecule has 0 amide bonds. The van der Waals surface area contributed by atoms with Gasteiger partial charge in [0.05, 0.1) is 15.8 Å². The Balaban J connectivity index is 1.75. The smallest absolute Gasteiger partial charge is 0.258 e. The molecule has 0 aliphatic rings. The maximum atomic E-state index is 12.3. The van der Waals surface area contributed by atoms with E-state index in [4.69, 9.17) is 0 Å². The number of aromatic nitrogens is 2. The molecule has 0 aliphatic carbocycles. The quantitative estimate of drug-likeness (QED) is 0.738. The van der Waals surface area contributed by atoms with Crippen molar-refractivity contribution in [3.05, 3.63) is 70.3 Å². The molecule has 3 aromatic rings. The Morgan fingerprint density at radius 2 is 1.79 bits per heavy atom. The summed E-state index contributed by atoms with van der Waals surface area (Å²) in [5.41, 5.74) is 1.05. The summed E-state index contributed by atoms with van der Waals surface area (Å²) in [5, 5.41) is 0.516. The summed E-state index contributed by atoms with van der Waals surface area (Å²) >= 11 is 0. The number of hydrogen-bond donors (Lipinski definition) is 2. The number of nitrogens with zero attached hydrogens (tertiary/aromatic N) is 1. The van der Waals surface area contributed by atoms with Crippen LogP contribution in [0.3, 0.4) is 0 Å². The van der Waals surface area contributed by atoms with Crippen molar-refractivity contribution < 1.29 is 8.42 Å². The number of H-pyrrole nitrogens is 1. The van der Waals surface area contributed by atoms with Crippen molar-refractivity contribution in [2.24, 2.45) is 0 Å². The first kappa shape index (κ1) is 16.4. The molecule has 2 N–H and O–H groups in total. The standard InChI is InChI=1S/C17H17N3O3S/c1-12-6-2-5-9-15(12)24(22,23)18-11-10-16-19-14-8-4-3-7-13(14)17(21)20-16/h2-9,18H,10-11H2,1H3,(H,19,20,21). The van der Waals surface area contributed by atoms with E-state index in [0.717, 1.165) is 0 Å². The van der Waals surface area contributed by atoms with Gasteiger partial charge in [-0.3, -0.25) is 4.79 Å². The van der Waals surface area contributed by atoms with Gasteiger partial charge >= 0.3 is 0 Å². The van der Waals surface area contributed by atoms with Crippen LogP contribution in [0.5, 0.6) is 0 Å². The van der Waals surface area contributed by atoms with Gasteiger partial charge in [-0.05, 0) is 30.7 Å². The fraction of sp³-hybridized carbons (Fsp3) is 0.176. The van der Waals surface area contributed by atoms with Gasteiger partial charge in [-0.1, -0.05) is 30.3 Å². The fourth-order valence-corrected chi connectivity index (χ4v) is 3.77. The topological polar surface area (TPSA) is 91.9 Å². The number of fused-ring (bicyclic) bond motifs is 1. The molecule has 0 saturated carbocycles. The van der Waals surface area contributed by atoms with Gasteiger partial charge < -0.3 is 4.98 Å². The van der Waals surface area contributed by atoms with Gasteiger partial charge in [0.2, 0.25) is 10.0 Å². The van der Waals surface area contributed by atoms with Gasteiger partial charge in [0.1, 0.15) is 5.82 Å². The molecule has 1 heterocycles. The van der Waals surface area contributed by atoms with Crippen LogP contribution in [-0.2, 0) is 16.4 Å². The van der Waals surface area contributed by atoms with E-state index >= 15 is 0 Å². The number of aryl methyl sites for hydroxylation is 1. The molecule has 2 aromatic carbocycles. The van der Waals surface area contributed by atoms with Crippen LogP contribution in [-0.4, -0.2) is 24.9 Å². The van der Waals surface area contributed by atoms with Crippen LogP contribution in [0.4, 0.5) is 0 Å². The summed E-state index contributed by atoms with van der Waals surface area (Å²) in [6.45, 7) is 1.90. The molecule has 0 bridgehead atoms. The number of hydrogen-bond acceptors (Lipinski definition) is 4. The van der Waals surface area contributed by atoms with Gasteiger partial charge in [-0.25, -0.2) is 18.1 Å². The van der Waals surface area contributed by atoms with Gasteiger partial charge in [-0.15, -0.1) is 0 Å². The Labute approximate surface area is 139 Å². The number of aromatic amines is 1. The second-order valence-electron chi connectivity index (χ2n) is 5.44. The van der Waals surface area contributed by atoms with Gasteiger partial charge in [0, 0.05) is 13.0 Å². The van der Waals surface area contributed by atoms with Crippen LogP contribution in [0, 0.1) is 6.92 Å². The minimum atomic E-state index is -3.58. The molecule has 0 spiro atoms. The highest BCUT2D eigenvalue weighted by Crippen LogP contribution is 2.13. The van der Waals surface area contributed by atoms with E-state index in [9.17, 15) is 13.2 Å². The molecule has 6 nitrogen and oxygen atoms in total. The summed E-state index contributed by atoms with van der Waals surface area (Å²) in [6.07, 6.45) is 0.297. The maximum absolute atomic E-state index is 12.3. The van der Waals surface area contributed by atoms with Crippen molar-refractivity contribution in [2.75, 3.05) is 6.54 Å². The first-order chi connectivity index (χ1) is 11.5. The van der Waals surface area contributed by atoms with Crippen molar-refractivity contribution in [1.82, 2.24) is 14.7 Å². The number of rotatable bonds is 5. The van der Waals surface area contributed by atoms with E-state index in [0.29, 0.717) is 28.7 Å². The van der Waals surface area contributed by atoms with Crippen molar-refractivity contribution >= 4 is 20.9 Å². The average molecular weight is 343 g/mol. The van der Waals surface area contributed by atoms with Crippen molar-refractivity contribution in [3.63, 3.8) is 0 Å². The van der Waals surface area contributed by atoms with Crippen LogP contribution < -0.4 is 10.3 Å². The largest absolute Gasteiger partial charge is 0.310 e. The molecular formula is C17H17N3O3S. The predicted molar refractivity (Wildman–Crippen MR) is 92.4 cm³/mol. The Morgan fingerprint density at radius 3 is 2.58 bits per heavy atom. The molecule has 0 unspecified atom stereocenters. The van der Waals surface area contributed by atoms with Gasteiger partial charge in [0.15, 0.2) is 0 Å². The molecule has 124 valence electrons. The first-order valence-electron chi connectivity index (χ1n) is 7.50. The second-order valence-corrected chi connectivity index (χ2v) is 7.18. The van der Waals surface area contributed by atoms with E-state index < -0.39 is 10.0 Å². The third-order valence-electron chi connectivity index (χ3n) is 3.70. The molecule has 0 aliphatic heterocycles. The summed E-state index contributed by atoms with van der Waals surface area (Å²) in [4.78, 5) is 19.3. The Kier molecular flexibility index (Phi) is 4.46. The third kappa shape index (κ3) is 3.37. The lowest BCUT2D eigenvalue weighted by molar-refractivity contribution is 0.580. The molecule has 0 radical (unpaired) electrons. The van der Waals surface area contributed by atoms with Gasteiger partial charge in [0.25, 0.3) is 5.56 Å². The lowest BCUT2D eigenvalue weighted by Crippen LogP contribution is -2.27. The Bertz CT molecular complexity index is 1040. The molecule has 0 fully saturated rings. The van der Waals surface area contributed by atoms with E-state index in [2.05, 4.69) is 14.7 Å². The monoisotopic (exact) mass is 343 g/mol. The summed E-state index contributed by atoms with van der Waals surface area (Å²) in [6, 6.07) is 13.8. The molecule has 0 atom stereocenters. The SMILES string of the molecule is Cc1ccccc1S(=O)(=O)NCCc1nc2ccccc2c(=O)[nH]1. The summed E-state index contributed by atoms with van der Waals surface area (Å²) < 4.78 is 27.2. The van der Waals surface area contributed by atoms with Crippen LogP contribution >= 0.6 is 0 Å². The molecule has 7 heteroatoms. The van der Waals surface area contributed by atoms with E-state index in [1.54, 1.807) is 55.5 Å². The van der Waals surface area contributed by atoms with E-state index in [-0.39, 0.29) is 17.0 Å². The highest BCUT2D eigenvalue weighted by Gasteiger charge is 2.15. The predicted octanol–water partition coefficient (Wildman–Crippen LogP) is 1.75. The normalized spacial score (nSPS) is 11.7. The number of nitrogens with one attached hydrogen (secondary N) is 2. The second kappa shape index (κ2) is 6.54. The minimum absolute atomic E-state index is 0.151. The fourth-order valence-electron chi connectivity index (χ4n) is 2.49. The molecule has 1 aromatic heterocycles. The maximum Gasteiger partial charge on any atom is 0.258 e. The number of benzene rings is 2. The summed E-state index contributed by atoms with van der Waals surface area (Å²) in [7, 11) is -3.58. The first-order valence-corrected chi connectivity index (χ1v) is 8.99. The molecule has 3 rings (SSSR count). The Morgan fingerprint density at radius 1 is 1.08 bits per heavy atom. The van der Waals surface area contributed by atoms with Gasteiger partial charge in [-0.2, -0.15) is 0 Å². The highest BCUT2D eigenvalue weighted by atomic mass is 32.2. The number of sulfonamides is 1. The zero-order valence-electron chi connectivity index (χ0n) is 13.1. The van der Waals surface area contributed by atoms with Crippen LogP contribution in [0.2, 0.25) is 0 Å². The van der Waals surface area contributed by atoms with Crippen LogP contribution in [0.25, 0.3) is 10.9 Å². The summed E-state index contributed by atoms with van der Waals surface area (Å²) in [5.74, 6) is 0.450. The van der Waals surface area contributed by atoms with E-state index in [1.165, 1.54) is 0 Å². The molecular weight excluding hydrogens is 326 g/mol. The van der Waals surface area contributed by atoms with Crippen molar-refractivity contribution in [3.8, 4) is 0 Å². The average Bonchev–Trinajstić information content (AvgIpc) is 2.55. The lowest BCUT2D eigenvalue weighted by Gasteiger charge is -2.09. The van der Waals surface area contributed by atoms with Crippen molar-refractivity contribution in [2.45, 2.75) is 18.2 Å². The van der Waals surface area contributed by atoms with Crippen molar-refractivity contribution in [1.29, 1.82) is 0 Å². The minimum Gasteiger partial charge on any atom is -0.310 e. The highest BCUT2D eigenvalue weighted by molar-refractivity contribution is 7.89. The molecule has 24 heavy (non-hydrogen) atoms. The lowest BCUT2D eigenvalue weighted by atomic mass is 10.2. The Hall–Kier alpha value is -2.51. The van der Waals surface area contributed by atoms with Crippen LogP contribution in [0.15, 0.2) is 58.2 Å². The molecule has 0 saturated heterocycles. The van der Waals surface area contributed by atoms with Crippen LogP contribution in [0.1, 0.15) is 11.4 Å². The zero-order chi connectivity index (χ0) is 17.2. The third-order valence-corrected chi connectivity index (χ3v) is 5.32. The van der Waals surface area contributed by atoms with E-state index in [1.807, 2.05) is 0 Å². The number of para-hydroxylation sites is 1. The zero-order valence-corrected chi connectivity index (χ0v) is 13.9.